The number of allylic oxidation sites excluding steroid dienone is 4. The van der Waals surface area contributed by atoms with E-state index in [9.17, 15) is 0 Å². The van der Waals surface area contributed by atoms with Gasteiger partial charge in [-0.15, -0.1) is 13.2 Å². The molecule has 0 unspecified atom stereocenters. The normalized spacial score (nSPS) is 15.4. The average Bonchev–Trinajstić information content (AvgIpc) is 1.94. The van der Waals surface area contributed by atoms with Crippen LogP contribution in [0, 0.1) is 0 Å². The first-order valence-corrected chi connectivity index (χ1v) is 3.22. The molecule has 0 heteroatoms. The van der Waals surface area contributed by atoms with Gasteiger partial charge < -0.3 is 0 Å². The van der Waals surface area contributed by atoms with E-state index in [0.717, 1.165) is 0 Å². The number of hydrogen-bond acceptors (Lipinski definition) is 0. The first kappa shape index (κ1) is 8.22. The Labute approximate surface area is 57.6 Å². The fraction of sp³-hybridized carbons (Fsp3) is 0.333. The molecule has 0 heterocycles. The zero-order valence-corrected chi connectivity index (χ0v) is 6.06. The van der Waals surface area contributed by atoms with Crippen LogP contribution in [-0.2, 0) is 0 Å². The van der Waals surface area contributed by atoms with Crippen molar-refractivity contribution in [3.8, 4) is 0 Å². The minimum Gasteiger partial charge on any atom is -0.106 e. The maximum Gasteiger partial charge on any atom is -0.0285 e. The molecule has 0 atom stereocenters. The molecule has 0 aromatic heterocycles. The molecule has 0 saturated heterocycles. The van der Waals surface area contributed by atoms with Crippen molar-refractivity contribution in [2.24, 2.45) is 0 Å². The van der Waals surface area contributed by atoms with Gasteiger partial charge in [0.1, 0.15) is 0 Å². The Bertz CT molecular complexity index is 118. The summed E-state index contributed by atoms with van der Waals surface area (Å²) in [5, 5.41) is 0. The van der Waals surface area contributed by atoms with Gasteiger partial charge in [-0.1, -0.05) is 23.8 Å². The van der Waals surface area contributed by atoms with Crippen molar-refractivity contribution < 1.29 is 0 Å². The predicted molar refractivity (Wildman–Crippen MR) is 43.4 cm³/mol. The number of rotatable bonds is 0. The van der Waals surface area contributed by atoms with Crippen molar-refractivity contribution in [1.82, 2.24) is 0 Å². The van der Waals surface area contributed by atoms with Crippen molar-refractivity contribution in [2.75, 3.05) is 0 Å². The van der Waals surface area contributed by atoms with E-state index in [1.54, 1.807) is 0 Å². The predicted octanol–water partition coefficient (Wildman–Crippen LogP) is 3.08. The van der Waals surface area contributed by atoms with Gasteiger partial charge in [0.05, 0.1) is 0 Å². The lowest BCUT2D eigenvalue weighted by Gasteiger charge is -1.98. The second kappa shape index (κ2) is 5.36. The summed E-state index contributed by atoms with van der Waals surface area (Å²) in [6, 6.07) is 0. The van der Waals surface area contributed by atoms with Crippen LogP contribution in [0.1, 0.15) is 19.8 Å². The molecule has 0 saturated carbocycles. The van der Waals surface area contributed by atoms with E-state index in [4.69, 9.17) is 0 Å². The van der Waals surface area contributed by atoms with Crippen LogP contribution in [-0.4, -0.2) is 0 Å². The van der Waals surface area contributed by atoms with Crippen molar-refractivity contribution in [3.63, 3.8) is 0 Å². The molecule has 0 fully saturated rings. The molecular formula is C9H14. The molecule has 0 aromatic carbocycles. The van der Waals surface area contributed by atoms with E-state index in [0.29, 0.717) is 0 Å². The zero-order chi connectivity index (χ0) is 7.11. The lowest BCUT2D eigenvalue weighted by molar-refractivity contribution is 0.962. The Morgan fingerprint density at radius 1 is 1.44 bits per heavy atom. The summed E-state index contributed by atoms with van der Waals surface area (Å²) in [5.74, 6) is 0. The molecule has 0 radical (unpaired) electrons. The molecule has 1 aliphatic carbocycles. The second-order valence-electron chi connectivity index (χ2n) is 1.98. The van der Waals surface area contributed by atoms with Crippen molar-refractivity contribution in [2.45, 2.75) is 19.8 Å². The molecule has 0 nitrogen and oxygen atoms in total. The Morgan fingerprint density at radius 2 is 2.11 bits per heavy atom. The van der Waals surface area contributed by atoms with Crippen LogP contribution in [0.4, 0.5) is 0 Å². The van der Waals surface area contributed by atoms with Crippen LogP contribution in [0.25, 0.3) is 0 Å². The van der Waals surface area contributed by atoms with E-state index in [-0.39, 0.29) is 0 Å². The van der Waals surface area contributed by atoms with Gasteiger partial charge in [-0.3, -0.25) is 0 Å². The molecule has 0 amide bonds. The van der Waals surface area contributed by atoms with E-state index in [2.05, 4.69) is 38.3 Å². The summed E-state index contributed by atoms with van der Waals surface area (Å²) in [5.41, 5.74) is 1.50. The first-order chi connectivity index (χ1) is 4.39. The minimum atomic E-state index is 1.24. The van der Waals surface area contributed by atoms with Gasteiger partial charge in [-0.25, -0.2) is 0 Å². The lowest BCUT2D eigenvalue weighted by atomic mass is 10.1. The van der Waals surface area contributed by atoms with E-state index < -0.39 is 0 Å². The highest BCUT2D eigenvalue weighted by Gasteiger charge is 1.88. The van der Waals surface area contributed by atoms with Gasteiger partial charge in [-0.2, -0.15) is 0 Å². The third-order valence-corrected chi connectivity index (χ3v) is 1.22. The summed E-state index contributed by atoms with van der Waals surface area (Å²) < 4.78 is 0. The van der Waals surface area contributed by atoms with Crippen LogP contribution in [0.2, 0.25) is 0 Å². The molecule has 0 aliphatic heterocycles. The van der Waals surface area contributed by atoms with Gasteiger partial charge in [0, 0.05) is 0 Å². The van der Waals surface area contributed by atoms with E-state index >= 15 is 0 Å². The van der Waals surface area contributed by atoms with Crippen LogP contribution in [0.15, 0.2) is 37.0 Å². The molecule has 9 heavy (non-hydrogen) atoms. The summed E-state index contributed by atoms with van der Waals surface area (Å²) in [6.07, 6.45) is 8.99. The lowest BCUT2D eigenvalue weighted by Crippen LogP contribution is -1.78. The van der Waals surface area contributed by atoms with Crippen molar-refractivity contribution in [1.29, 1.82) is 0 Å². The third kappa shape index (κ3) is 3.77. The first-order valence-electron chi connectivity index (χ1n) is 3.22. The average molecular weight is 122 g/mol. The molecular weight excluding hydrogens is 108 g/mol. The maximum atomic E-state index is 3.00. The largest absolute Gasteiger partial charge is 0.106 e. The van der Waals surface area contributed by atoms with Gasteiger partial charge >= 0.3 is 0 Å². The Hall–Kier alpha value is -0.780. The third-order valence-electron chi connectivity index (χ3n) is 1.22. The molecule has 50 valence electrons. The quantitative estimate of drug-likeness (QED) is 0.433. The standard InChI is InChI=1S/C7H10.C2H4/c1-7-5-3-2-4-6-7;1-2/h2-3,5H,4,6H2,1H3;1-2H2. The van der Waals surface area contributed by atoms with E-state index in [1.165, 1.54) is 18.4 Å². The van der Waals surface area contributed by atoms with Gasteiger partial charge in [-0.05, 0) is 19.8 Å². The summed E-state index contributed by atoms with van der Waals surface area (Å²) in [4.78, 5) is 0. The number of hydrogen-bond donors (Lipinski definition) is 0. The van der Waals surface area contributed by atoms with Crippen molar-refractivity contribution in [3.05, 3.63) is 37.0 Å². The smallest absolute Gasteiger partial charge is 0.0285 e. The van der Waals surface area contributed by atoms with Crippen LogP contribution in [0.5, 0.6) is 0 Å². The van der Waals surface area contributed by atoms with E-state index in [1.807, 2.05) is 0 Å². The van der Waals surface area contributed by atoms with Crippen LogP contribution >= 0.6 is 0 Å². The fourth-order valence-electron chi connectivity index (χ4n) is 0.723. The Kier molecular flexibility index (Phi) is 4.89. The summed E-state index contributed by atoms with van der Waals surface area (Å²) >= 11 is 0. The van der Waals surface area contributed by atoms with Crippen molar-refractivity contribution >= 4 is 0 Å². The second-order valence-corrected chi connectivity index (χ2v) is 1.98. The highest BCUT2D eigenvalue weighted by molar-refractivity contribution is 5.15. The molecule has 1 aliphatic rings. The van der Waals surface area contributed by atoms with Gasteiger partial charge in [0.25, 0.3) is 0 Å². The Morgan fingerprint density at radius 3 is 2.33 bits per heavy atom. The highest BCUT2D eigenvalue weighted by atomic mass is 13.9. The maximum absolute atomic E-state index is 3.00. The minimum absolute atomic E-state index is 1.24. The monoisotopic (exact) mass is 122 g/mol. The molecule has 0 N–H and O–H groups in total. The molecule has 0 aromatic rings. The molecule has 0 bridgehead atoms. The molecule has 1 rings (SSSR count). The van der Waals surface area contributed by atoms with Crippen LogP contribution in [0.3, 0.4) is 0 Å². The van der Waals surface area contributed by atoms with Crippen LogP contribution < -0.4 is 0 Å². The van der Waals surface area contributed by atoms with Gasteiger partial charge in [0.15, 0.2) is 0 Å². The summed E-state index contributed by atoms with van der Waals surface area (Å²) in [7, 11) is 0. The SMILES string of the molecule is C=C.CC1=CC=CCC1. The Balaban J connectivity index is 0.000000291. The zero-order valence-electron chi connectivity index (χ0n) is 6.06. The topological polar surface area (TPSA) is 0 Å². The molecule has 0 spiro atoms. The van der Waals surface area contributed by atoms with Gasteiger partial charge in [0.2, 0.25) is 0 Å². The summed E-state index contributed by atoms with van der Waals surface area (Å²) in [6.45, 7) is 8.17. The highest BCUT2D eigenvalue weighted by Crippen LogP contribution is 2.08. The fourth-order valence-corrected chi connectivity index (χ4v) is 0.723.